The Balaban J connectivity index is 1.86. The molecular weight excluding hydrogens is 414 g/mol. The number of nitrogens with zero attached hydrogens (tertiary/aromatic N) is 2. The van der Waals surface area contributed by atoms with Crippen LogP contribution in [0.5, 0.6) is 0 Å². The Hall–Kier alpha value is -3.79. The summed E-state index contributed by atoms with van der Waals surface area (Å²) in [4.78, 5) is 41.6. The minimum atomic E-state index is -0.645. The molecule has 2 heterocycles. The van der Waals surface area contributed by atoms with Crippen LogP contribution in [0.1, 0.15) is 17.7 Å². The largest absolute Gasteiger partial charge is 0.467 e. The summed E-state index contributed by atoms with van der Waals surface area (Å²) >= 11 is 0. The van der Waals surface area contributed by atoms with Gasteiger partial charge in [0.05, 0.1) is 25.9 Å². The minimum absolute atomic E-state index is 0.00106. The molecule has 0 bridgehead atoms. The van der Waals surface area contributed by atoms with E-state index in [0.717, 1.165) is 5.56 Å². The molecule has 0 radical (unpaired) electrons. The number of methoxy groups -OCH3 is 1. The summed E-state index contributed by atoms with van der Waals surface area (Å²) in [5.41, 5.74) is 5.95. The van der Waals surface area contributed by atoms with E-state index < -0.39 is 11.2 Å². The van der Waals surface area contributed by atoms with E-state index in [1.807, 2.05) is 30.3 Å². The van der Waals surface area contributed by atoms with Gasteiger partial charge in [0.2, 0.25) is 5.91 Å². The number of aromatic amines is 1. The number of hydrogen-bond acceptors (Lipinski definition) is 7. The van der Waals surface area contributed by atoms with E-state index in [0.29, 0.717) is 25.3 Å². The summed E-state index contributed by atoms with van der Waals surface area (Å²) in [6, 6.07) is 12.8. The molecule has 1 aromatic carbocycles. The van der Waals surface area contributed by atoms with E-state index >= 15 is 0 Å². The van der Waals surface area contributed by atoms with E-state index in [9.17, 15) is 14.4 Å². The first-order chi connectivity index (χ1) is 15.5. The van der Waals surface area contributed by atoms with Crippen LogP contribution in [0.2, 0.25) is 0 Å². The number of aromatic nitrogens is 2. The second kappa shape index (κ2) is 11.0. The number of furan rings is 1. The molecule has 0 unspecified atom stereocenters. The van der Waals surface area contributed by atoms with Gasteiger partial charge in [-0.2, -0.15) is 0 Å². The zero-order chi connectivity index (χ0) is 22.9. The predicted octanol–water partition coefficient (Wildman–Crippen LogP) is 0.919. The normalized spacial score (nSPS) is 10.8. The molecule has 1 amide bonds. The first-order valence-corrected chi connectivity index (χ1v) is 10.2. The van der Waals surface area contributed by atoms with Crippen LogP contribution >= 0.6 is 0 Å². The maximum absolute atomic E-state index is 12.7. The Bertz CT molecular complexity index is 1120. The second-order valence-electron chi connectivity index (χ2n) is 7.19. The number of H-pyrrole nitrogens is 1. The molecule has 10 heteroatoms. The number of anilines is 2. The zero-order valence-corrected chi connectivity index (χ0v) is 17.9. The maximum Gasteiger partial charge on any atom is 0.330 e. The van der Waals surface area contributed by atoms with Crippen LogP contribution in [0.4, 0.5) is 11.5 Å². The zero-order valence-electron chi connectivity index (χ0n) is 17.9. The highest BCUT2D eigenvalue weighted by Crippen LogP contribution is 2.18. The molecule has 32 heavy (non-hydrogen) atoms. The highest BCUT2D eigenvalue weighted by molar-refractivity contribution is 5.82. The first-order valence-electron chi connectivity index (χ1n) is 10.2. The van der Waals surface area contributed by atoms with Crippen molar-refractivity contribution >= 4 is 17.4 Å². The van der Waals surface area contributed by atoms with Crippen molar-refractivity contribution in [1.29, 1.82) is 0 Å². The molecule has 0 aliphatic carbocycles. The molecule has 2 aromatic heterocycles. The van der Waals surface area contributed by atoms with Gasteiger partial charge in [0, 0.05) is 20.3 Å². The Morgan fingerprint density at radius 1 is 1.22 bits per heavy atom. The fraction of sp³-hybridized carbons (Fsp3) is 0.318. The third-order valence-corrected chi connectivity index (χ3v) is 4.86. The van der Waals surface area contributed by atoms with E-state index in [2.05, 4.69) is 10.3 Å². The second-order valence-corrected chi connectivity index (χ2v) is 7.19. The van der Waals surface area contributed by atoms with Gasteiger partial charge in [-0.05, 0) is 24.1 Å². The molecule has 10 nitrogen and oxygen atoms in total. The van der Waals surface area contributed by atoms with E-state index in [1.54, 1.807) is 24.1 Å². The van der Waals surface area contributed by atoms with Crippen LogP contribution in [-0.2, 0) is 22.6 Å². The fourth-order valence-corrected chi connectivity index (χ4v) is 3.30. The fourth-order valence-electron chi connectivity index (χ4n) is 3.30. The summed E-state index contributed by atoms with van der Waals surface area (Å²) < 4.78 is 11.6. The van der Waals surface area contributed by atoms with Gasteiger partial charge in [-0.15, -0.1) is 0 Å². The molecule has 0 saturated carbocycles. The molecule has 3 rings (SSSR count). The Morgan fingerprint density at radius 3 is 2.69 bits per heavy atom. The quantitative estimate of drug-likeness (QED) is 0.377. The van der Waals surface area contributed by atoms with E-state index in [-0.39, 0.29) is 37.0 Å². The van der Waals surface area contributed by atoms with Gasteiger partial charge in [-0.3, -0.25) is 19.1 Å². The van der Waals surface area contributed by atoms with E-state index in [1.165, 1.54) is 10.8 Å². The molecular formula is C22H27N5O5. The average molecular weight is 441 g/mol. The summed E-state index contributed by atoms with van der Waals surface area (Å²) in [5.74, 6) is 0.287. The van der Waals surface area contributed by atoms with Gasteiger partial charge >= 0.3 is 5.69 Å². The molecule has 0 atom stereocenters. The lowest BCUT2D eigenvalue weighted by Crippen LogP contribution is -2.43. The lowest BCUT2D eigenvalue weighted by atomic mass is 10.2. The summed E-state index contributed by atoms with van der Waals surface area (Å²) in [7, 11) is 1.57. The van der Waals surface area contributed by atoms with Gasteiger partial charge in [0.25, 0.3) is 5.56 Å². The number of nitrogens with one attached hydrogen (secondary N) is 2. The molecule has 4 N–H and O–H groups in total. The summed E-state index contributed by atoms with van der Waals surface area (Å²) in [6.45, 7) is 1.05. The van der Waals surface area contributed by atoms with Gasteiger partial charge in [0.1, 0.15) is 17.3 Å². The van der Waals surface area contributed by atoms with Crippen molar-refractivity contribution in [2.45, 2.75) is 19.5 Å². The van der Waals surface area contributed by atoms with Gasteiger partial charge < -0.3 is 25.1 Å². The average Bonchev–Trinajstić information content (AvgIpc) is 3.29. The van der Waals surface area contributed by atoms with Gasteiger partial charge in [0.15, 0.2) is 0 Å². The predicted molar refractivity (Wildman–Crippen MR) is 121 cm³/mol. The maximum atomic E-state index is 12.7. The number of benzene rings is 1. The van der Waals surface area contributed by atoms with Crippen molar-refractivity contribution in [2.75, 3.05) is 37.4 Å². The molecule has 0 aliphatic rings. The Kier molecular flexibility index (Phi) is 7.87. The Labute approximate surface area is 184 Å². The molecule has 0 fully saturated rings. The number of carbonyl (C=O) groups is 1. The molecule has 0 aliphatic heterocycles. The standard InChI is InChI=1S/C22H27N5O5/c1-31-11-6-10-26(15-18(28)24-13-17-9-5-12-32-17)19-20(23)27(22(30)25-21(19)29)14-16-7-3-2-4-8-16/h2-5,7-9,12H,6,10-11,13-15,23H2,1H3,(H,24,28)(H,25,29,30). The van der Waals surface area contributed by atoms with Gasteiger partial charge in [-0.1, -0.05) is 30.3 Å². The van der Waals surface area contributed by atoms with Crippen molar-refractivity contribution in [3.8, 4) is 0 Å². The number of rotatable bonds is 11. The monoisotopic (exact) mass is 441 g/mol. The topological polar surface area (TPSA) is 136 Å². The van der Waals surface area contributed by atoms with Crippen molar-refractivity contribution < 1.29 is 13.9 Å². The SMILES string of the molecule is COCCCN(CC(=O)NCc1ccco1)c1c(N)n(Cc2ccccc2)c(=O)[nH]c1=O. The summed E-state index contributed by atoms with van der Waals surface area (Å²) in [5, 5.41) is 2.75. The number of amides is 1. The van der Waals surface area contributed by atoms with Gasteiger partial charge in [-0.25, -0.2) is 4.79 Å². The number of nitrogens with two attached hydrogens (primary N) is 1. The molecule has 0 spiro atoms. The number of hydrogen-bond donors (Lipinski definition) is 3. The number of nitrogen functional groups attached to an aromatic ring is 1. The van der Waals surface area contributed by atoms with Crippen molar-refractivity contribution in [1.82, 2.24) is 14.9 Å². The molecule has 0 saturated heterocycles. The molecule has 3 aromatic rings. The minimum Gasteiger partial charge on any atom is -0.467 e. The van der Waals surface area contributed by atoms with E-state index in [4.69, 9.17) is 14.9 Å². The number of carbonyl (C=O) groups excluding carboxylic acids is 1. The van der Waals surface area contributed by atoms with Crippen LogP contribution in [0.25, 0.3) is 0 Å². The lowest BCUT2D eigenvalue weighted by Gasteiger charge is -2.25. The van der Waals surface area contributed by atoms with Crippen molar-refractivity contribution in [3.63, 3.8) is 0 Å². The third kappa shape index (κ3) is 5.88. The van der Waals surface area contributed by atoms with Crippen LogP contribution in [0.15, 0.2) is 62.7 Å². The van der Waals surface area contributed by atoms with Crippen LogP contribution < -0.4 is 27.2 Å². The lowest BCUT2D eigenvalue weighted by molar-refractivity contribution is -0.120. The molecule has 170 valence electrons. The number of ether oxygens (including phenoxy) is 1. The van der Waals surface area contributed by atoms with Crippen LogP contribution in [-0.4, -0.2) is 42.3 Å². The van der Waals surface area contributed by atoms with Crippen LogP contribution in [0.3, 0.4) is 0 Å². The van der Waals surface area contributed by atoms with Crippen molar-refractivity contribution in [2.24, 2.45) is 0 Å². The van der Waals surface area contributed by atoms with Crippen LogP contribution in [0, 0.1) is 0 Å². The first kappa shape index (κ1) is 22.9. The highest BCUT2D eigenvalue weighted by atomic mass is 16.5. The highest BCUT2D eigenvalue weighted by Gasteiger charge is 2.21. The third-order valence-electron chi connectivity index (χ3n) is 4.86. The summed E-state index contributed by atoms with van der Waals surface area (Å²) in [6.07, 6.45) is 2.08. The smallest absolute Gasteiger partial charge is 0.330 e. The van der Waals surface area contributed by atoms with Crippen molar-refractivity contribution in [3.05, 3.63) is 80.9 Å². The Morgan fingerprint density at radius 2 is 2.00 bits per heavy atom.